The summed E-state index contributed by atoms with van der Waals surface area (Å²) in [7, 11) is 0. The summed E-state index contributed by atoms with van der Waals surface area (Å²) in [5, 5.41) is 16.8. The molecule has 3 N–H and O–H groups in total. The first-order chi connectivity index (χ1) is 11.4. The molecule has 0 saturated heterocycles. The van der Waals surface area contributed by atoms with E-state index in [-0.39, 0.29) is 11.6 Å². The van der Waals surface area contributed by atoms with E-state index in [1.807, 2.05) is 0 Å². The fraction of sp³-hybridized carbons (Fsp3) is 0.143. The van der Waals surface area contributed by atoms with E-state index in [0.29, 0.717) is 0 Å². The lowest BCUT2D eigenvalue weighted by Gasteiger charge is -2.17. The van der Waals surface area contributed by atoms with Gasteiger partial charge in [-0.1, -0.05) is 0 Å². The van der Waals surface area contributed by atoms with Crippen molar-refractivity contribution in [2.45, 2.75) is 13.0 Å². The second-order valence-electron chi connectivity index (χ2n) is 4.97. The Morgan fingerprint density at radius 3 is 2.67 bits per heavy atom. The topological polar surface area (TPSA) is 113 Å². The third-order valence-electron chi connectivity index (χ3n) is 3.39. The summed E-state index contributed by atoms with van der Waals surface area (Å²) in [4.78, 5) is 27.5. The van der Waals surface area contributed by atoms with Crippen molar-refractivity contribution in [2.75, 3.05) is 0 Å². The molecule has 1 aromatic carbocycles. The van der Waals surface area contributed by atoms with Gasteiger partial charge in [0.25, 0.3) is 5.56 Å². The second kappa shape index (κ2) is 5.72. The third-order valence-corrected chi connectivity index (χ3v) is 3.39. The van der Waals surface area contributed by atoms with Crippen molar-refractivity contribution in [1.29, 1.82) is 0 Å². The molecule has 0 radical (unpaired) electrons. The lowest BCUT2D eigenvalue weighted by molar-refractivity contribution is 0.190. The molecule has 2 heterocycles. The average molecular weight is 335 g/mol. The molecule has 0 aliphatic rings. The molecule has 24 heavy (non-hydrogen) atoms. The molecule has 1 amide bonds. The van der Waals surface area contributed by atoms with E-state index in [1.54, 1.807) is 0 Å². The lowest BCUT2D eigenvalue weighted by atomic mass is 10.2. The summed E-state index contributed by atoms with van der Waals surface area (Å²) in [5.41, 5.74) is -1.36. The summed E-state index contributed by atoms with van der Waals surface area (Å²) in [6, 6.07) is 2.12. The van der Waals surface area contributed by atoms with Gasteiger partial charge in [0.15, 0.2) is 5.82 Å². The number of hydrogen-bond donors (Lipinski definition) is 3. The smallest absolute Gasteiger partial charge is 0.405 e. The van der Waals surface area contributed by atoms with Crippen molar-refractivity contribution in [2.24, 2.45) is 0 Å². The number of benzene rings is 1. The second-order valence-corrected chi connectivity index (χ2v) is 4.97. The summed E-state index contributed by atoms with van der Waals surface area (Å²) >= 11 is 0. The van der Waals surface area contributed by atoms with Gasteiger partial charge in [0, 0.05) is 12.3 Å². The van der Waals surface area contributed by atoms with E-state index in [4.69, 9.17) is 5.11 Å². The molecule has 2 aromatic heterocycles. The summed E-state index contributed by atoms with van der Waals surface area (Å²) in [5.74, 6) is -1.86. The van der Waals surface area contributed by atoms with Gasteiger partial charge in [-0.05, 0) is 19.1 Å². The van der Waals surface area contributed by atoms with Crippen LogP contribution >= 0.6 is 0 Å². The van der Waals surface area contributed by atoms with Gasteiger partial charge in [0.05, 0.1) is 6.04 Å². The van der Waals surface area contributed by atoms with Crippen LogP contribution in [0.4, 0.5) is 13.6 Å². The molecule has 0 fully saturated rings. The van der Waals surface area contributed by atoms with Crippen LogP contribution < -0.4 is 10.9 Å². The zero-order valence-electron chi connectivity index (χ0n) is 12.2. The molecule has 0 aliphatic heterocycles. The maximum absolute atomic E-state index is 14.0. The SMILES string of the molecule is CC(NC(=O)O)c1nc2c(F)ccc(F)c2c(=O)n1-c1cc[nH]n1. The molecule has 124 valence electrons. The number of rotatable bonds is 3. The third kappa shape index (κ3) is 2.47. The predicted molar refractivity (Wildman–Crippen MR) is 79.0 cm³/mol. The molecule has 10 heteroatoms. The van der Waals surface area contributed by atoms with E-state index < -0.39 is 40.2 Å². The van der Waals surface area contributed by atoms with Crippen molar-refractivity contribution in [3.05, 3.63) is 52.2 Å². The maximum atomic E-state index is 14.0. The first kappa shape index (κ1) is 15.6. The fourth-order valence-electron chi connectivity index (χ4n) is 2.37. The largest absolute Gasteiger partial charge is 0.465 e. The van der Waals surface area contributed by atoms with Gasteiger partial charge >= 0.3 is 6.09 Å². The van der Waals surface area contributed by atoms with Crippen LogP contribution in [0, 0.1) is 11.6 Å². The molecular formula is C14H11F2N5O3. The molecule has 1 atom stereocenters. The highest BCUT2D eigenvalue weighted by Gasteiger charge is 2.23. The highest BCUT2D eigenvalue weighted by molar-refractivity contribution is 5.79. The number of amides is 1. The molecule has 1 unspecified atom stereocenters. The monoisotopic (exact) mass is 335 g/mol. The zero-order chi connectivity index (χ0) is 17.4. The average Bonchev–Trinajstić information content (AvgIpc) is 3.03. The zero-order valence-corrected chi connectivity index (χ0v) is 12.2. The fourth-order valence-corrected chi connectivity index (χ4v) is 2.37. The van der Waals surface area contributed by atoms with Crippen molar-refractivity contribution >= 4 is 17.0 Å². The van der Waals surface area contributed by atoms with Crippen LogP contribution in [0.25, 0.3) is 16.7 Å². The van der Waals surface area contributed by atoms with E-state index >= 15 is 0 Å². The minimum atomic E-state index is -1.36. The molecule has 3 rings (SSSR count). The first-order valence-electron chi connectivity index (χ1n) is 6.80. The minimum absolute atomic E-state index is 0.0760. The summed E-state index contributed by atoms with van der Waals surface area (Å²) in [6.07, 6.45) is 0.0672. The van der Waals surface area contributed by atoms with Crippen LogP contribution in [0.3, 0.4) is 0 Å². The van der Waals surface area contributed by atoms with Crippen LogP contribution in [0.5, 0.6) is 0 Å². The molecule has 0 saturated carbocycles. The highest BCUT2D eigenvalue weighted by Crippen LogP contribution is 2.20. The van der Waals surface area contributed by atoms with Crippen molar-refractivity contribution in [3.8, 4) is 5.82 Å². The predicted octanol–water partition coefficient (Wildman–Crippen LogP) is 1.72. The minimum Gasteiger partial charge on any atom is -0.465 e. The first-order valence-corrected chi connectivity index (χ1v) is 6.80. The van der Waals surface area contributed by atoms with E-state index in [9.17, 15) is 18.4 Å². The number of hydrogen-bond acceptors (Lipinski definition) is 4. The standard InChI is InChI=1S/C14H11F2N5O3/c1-6(18-14(23)24)12-19-11-8(16)3-2-7(15)10(11)13(22)21(12)9-4-5-17-20-9/h2-6,18H,1H3,(H,17,20)(H,23,24). The Morgan fingerprint density at radius 2 is 2.04 bits per heavy atom. The van der Waals surface area contributed by atoms with Gasteiger partial charge < -0.3 is 10.4 Å². The van der Waals surface area contributed by atoms with Gasteiger partial charge in [-0.15, -0.1) is 0 Å². The number of nitrogens with one attached hydrogen (secondary N) is 2. The Hall–Kier alpha value is -3.30. The number of nitrogens with zero attached hydrogens (tertiary/aromatic N) is 3. The van der Waals surface area contributed by atoms with Gasteiger partial charge in [0.1, 0.15) is 28.4 Å². The van der Waals surface area contributed by atoms with E-state index in [2.05, 4.69) is 20.5 Å². The lowest BCUT2D eigenvalue weighted by Crippen LogP contribution is -2.33. The summed E-state index contributed by atoms with van der Waals surface area (Å²) in [6.45, 7) is 1.42. The normalized spacial score (nSPS) is 12.3. The molecule has 0 aliphatic carbocycles. The number of fused-ring (bicyclic) bond motifs is 1. The van der Waals surface area contributed by atoms with Crippen molar-refractivity contribution in [1.82, 2.24) is 25.1 Å². The van der Waals surface area contributed by atoms with E-state index in [0.717, 1.165) is 16.7 Å². The van der Waals surface area contributed by atoms with Crippen LogP contribution in [-0.4, -0.2) is 30.9 Å². The van der Waals surface area contributed by atoms with Gasteiger partial charge in [-0.2, -0.15) is 5.10 Å². The molecular weight excluding hydrogens is 324 g/mol. The van der Waals surface area contributed by atoms with Crippen LogP contribution in [0.15, 0.2) is 29.2 Å². The Balaban J connectivity index is 2.40. The quantitative estimate of drug-likeness (QED) is 0.674. The highest BCUT2D eigenvalue weighted by atomic mass is 19.1. The Morgan fingerprint density at radius 1 is 1.33 bits per heavy atom. The van der Waals surface area contributed by atoms with Crippen LogP contribution in [0.1, 0.15) is 18.8 Å². The summed E-state index contributed by atoms with van der Waals surface area (Å²) < 4.78 is 29.0. The Labute approximate surface area is 132 Å². The maximum Gasteiger partial charge on any atom is 0.405 e. The molecule has 0 bridgehead atoms. The number of aromatic nitrogens is 4. The molecule has 0 spiro atoms. The van der Waals surface area contributed by atoms with Crippen molar-refractivity contribution in [3.63, 3.8) is 0 Å². The number of carbonyl (C=O) groups is 1. The van der Waals surface area contributed by atoms with Gasteiger partial charge in [-0.3, -0.25) is 9.89 Å². The van der Waals surface area contributed by atoms with E-state index in [1.165, 1.54) is 19.2 Å². The van der Waals surface area contributed by atoms with Crippen molar-refractivity contribution < 1.29 is 18.7 Å². The van der Waals surface area contributed by atoms with Crippen LogP contribution in [-0.2, 0) is 0 Å². The Bertz CT molecular complexity index is 984. The molecule has 3 aromatic rings. The van der Waals surface area contributed by atoms with Gasteiger partial charge in [-0.25, -0.2) is 23.1 Å². The number of carboxylic acid groups (broad SMARTS) is 1. The number of H-pyrrole nitrogens is 1. The number of aromatic amines is 1. The van der Waals surface area contributed by atoms with Crippen LogP contribution in [0.2, 0.25) is 0 Å². The van der Waals surface area contributed by atoms with Gasteiger partial charge in [0.2, 0.25) is 0 Å². The number of halogens is 2. The molecule has 8 nitrogen and oxygen atoms in total. The Kier molecular flexibility index (Phi) is 3.72.